The number of ether oxygens (including phenoxy) is 1. The van der Waals surface area contributed by atoms with E-state index in [0.29, 0.717) is 17.9 Å². The third kappa shape index (κ3) is 6.08. The zero-order chi connectivity index (χ0) is 21.5. The van der Waals surface area contributed by atoms with Gasteiger partial charge in [-0.3, -0.25) is 9.59 Å². The second-order valence-corrected chi connectivity index (χ2v) is 8.60. The highest BCUT2D eigenvalue weighted by molar-refractivity contribution is 9.10. The Balaban J connectivity index is 1.61. The van der Waals surface area contributed by atoms with E-state index in [1.54, 1.807) is 12.1 Å². The largest absolute Gasteiger partial charge is 0.492 e. The summed E-state index contributed by atoms with van der Waals surface area (Å²) in [6.45, 7) is 4.75. The molecule has 0 heterocycles. The van der Waals surface area contributed by atoms with Crippen molar-refractivity contribution in [1.82, 2.24) is 0 Å². The first-order valence-corrected chi connectivity index (χ1v) is 11.4. The third-order valence-corrected chi connectivity index (χ3v) is 5.86. The van der Waals surface area contributed by atoms with E-state index in [-0.39, 0.29) is 17.7 Å². The molecule has 2 aromatic rings. The number of anilines is 2. The highest BCUT2D eigenvalue weighted by Gasteiger charge is 2.29. The topological polar surface area (TPSA) is 67.4 Å². The summed E-state index contributed by atoms with van der Waals surface area (Å²) in [7, 11) is 0. The molecular weight excluding hydrogens is 444 g/mol. The van der Waals surface area contributed by atoms with Gasteiger partial charge in [-0.1, -0.05) is 32.3 Å². The van der Waals surface area contributed by atoms with Crippen molar-refractivity contribution in [3.05, 3.63) is 52.0 Å². The van der Waals surface area contributed by atoms with Crippen LogP contribution in [0.1, 0.15) is 61.4 Å². The molecule has 2 N–H and O–H groups in total. The normalized spacial score (nSPS) is 13.0. The van der Waals surface area contributed by atoms with Gasteiger partial charge in [-0.2, -0.15) is 0 Å². The zero-order valence-electron chi connectivity index (χ0n) is 17.6. The summed E-state index contributed by atoms with van der Waals surface area (Å²) in [6, 6.07) is 10.9. The number of amides is 2. The van der Waals surface area contributed by atoms with Gasteiger partial charge in [0.25, 0.3) is 5.91 Å². The molecule has 160 valence electrons. The maximum absolute atomic E-state index is 12.8. The maximum atomic E-state index is 12.8. The van der Waals surface area contributed by atoms with E-state index >= 15 is 0 Å². The summed E-state index contributed by atoms with van der Waals surface area (Å²) in [5.74, 6) is 0.714. The minimum Gasteiger partial charge on any atom is -0.492 e. The lowest BCUT2D eigenvalue weighted by Gasteiger charge is -2.14. The molecule has 0 aromatic heterocycles. The number of carbonyl (C=O) groups excluding carboxylic acids is 2. The fourth-order valence-corrected chi connectivity index (χ4v) is 3.64. The van der Waals surface area contributed by atoms with Crippen LogP contribution in [0.4, 0.5) is 11.4 Å². The Morgan fingerprint density at radius 3 is 2.47 bits per heavy atom. The van der Waals surface area contributed by atoms with E-state index in [1.807, 2.05) is 31.2 Å². The highest BCUT2D eigenvalue weighted by Crippen LogP contribution is 2.32. The van der Waals surface area contributed by atoms with E-state index in [2.05, 4.69) is 33.5 Å². The summed E-state index contributed by atoms with van der Waals surface area (Å²) >= 11 is 3.50. The number of carbonyl (C=O) groups is 2. The van der Waals surface area contributed by atoms with Gasteiger partial charge in [0.05, 0.1) is 11.1 Å². The van der Waals surface area contributed by atoms with Gasteiger partial charge in [0.2, 0.25) is 5.91 Å². The minimum atomic E-state index is -0.209. The Labute approximate surface area is 186 Å². The Morgan fingerprint density at radius 1 is 1.07 bits per heavy atom. The predicted octanol–water partition coefficient (Wildman–Crippen LogP) is 6.32. The monoisotopic (exact) mass is 472 g/mol. The lowest BCUT2D eigenvalue weighted by Crippen LogP contribution is -2.16. The molecule has 1 aliphatic carbocycles. The molecule has 3 rings (SSSR count). The molecule has 30 heavy (non-hydrogen) atoms. The van der Waals surface area contributed by atoms with Gasteiger partial charge in [0, 0.05) is 22.9 Å². The van der Waals surface area contributed by atoms with Crippen LogP contribution < -0.4 is 15.4 Å². The van der Waals surface area contributed by atoms with Crippen molar-refractivity contribution in [3.63, 3.8) is 0 Å². The molecule has 1 aliphatic rings. The van der Waals surface area contributed by atoms with E-state index in [1.165, 1.54) is 12.8 Å². The van der Waals surface area contributed by atoms with Gasteiger partial charge in [-0.05, 0) is 78.0 Å². The number of halogens is 1. The number of rotatable bonds is 10. The summed E-state index contributed by atoms with van der Waals surface area (Å²) in [5.41, 5.74) is 2.79. The molecule has 0 spiro atoms. The van der Waals surface area contributed by atoms with Gasteiger partial charge >= 0.3 is 0 Å². The Bertz CT molecular complexity index is 909. The molecule has 1 fully saturated rings. The predicted molar refractivity (Wildman–Crippen MR) is 124 cm³/mol. The van der Waals surface area contributed by atoms with Crippen molar-refractivity contribution < 1.29 is 14.3 Å². The van der Waals surface area contributed by atoms with Crippen LogP contribution in [0, 0.1) is 12.8 Å². The molecule has 5 nitrogen and oxygen atoms in total. The summed E-state index contributed by atoms with van der Waals surface area (Å²) < 4.78 is 6.57. The first-order valence-electron chi connectivity index (χ1n) is 10.6. The molecule has 0 atom stereocenters. The quantitative estimate of drug-likeness (QED) is 0.397. The SMILES string of the molecule is CCCCCCOc1ccc(C(=O)Nc2cccc(NC(=O)C3CC3)c2C)cc1Br. The number of unbranched alkanes of at least 4 members (excludes halogenated alkanes) is 3. The molecule has 6 heteroatoms. The Hall–Kier alpha value is -2.34. The molecule has 2 aromatic carbocycles. The van der Waals surface area contributed by atoms with Gasteiger partial charge in [-0.25, -0.2) is 0 Å². The molecule has 0 radical (unpaired) electrons. The van der Waals surface area contributed by atoms with Gasteiger partial charge in [0.15, 0.2) is 0 Å². The smallest absolute Gasteiger partial charge is 0.255 e. The van der Waals surface area contributed by atoms with Gasteiger partial charge < -0.3 is 15.4 Å². The standard InChI is InChI=1S/C24H29BrN2O3/c1-3-4-5-6-14-30-22-13-12-18(15-19(22)25)24(29)27-21-9-7-8-20(16(21)2)26-23(28)17-10-11-17/h7-9,12-13,15,17H,3-6,10-11,14H2,1-2H3,(H,26,28)(H,27,29). The van der Waals surface area contributed by atoms with Gasteiger partial charge in [0.1, 0.15) is 5.75 Å². The van der Waals surface area contributed by atoms with Crippen LogP contribution in [0.2, 0.25) is 0 Å². The fourth-order valence-electron chi connectivity index (χ4n) is 3.15. The lowest BCUT2D eigenvalue weighted by molar-refractivity contribution is -0.117. The van der Waals surface area contributed by atoms with Crippen LogP contribution in [0.3, 0.4) is 0 Å². The molecular formula is C24H29BrN2O3. The van der Waals surface area contributed by atoms with Crippen LogP contribution in [0.25, 0.3) is 0 Å². The van der Waals surface area contributed by atoms with Crippen molar-refractivity contribution in [2.75, 3.05) is 17.2 Å². The fraction of sp³-hybridized carbons (Fsp3) is 0.417. The highest BCUT2D eigenvalue weighted by atomic mass is 79.9. The molecule has 2 amide bonds. The van der Waals surface area contributed by atoms with Crippen LogP contribution in [-0.4, -0.2) is 18.4 Å². The van der Waals surface area contributed by atoms with Crippen molar-refractivity contribution >= 4 is 39.1 Å². The molecule has 1 saturated carbocycles. The Morgan fingerprint density at radius 2 is 1.80 bits per heavy atom. The number of benzene rings is 2. The van der Waals surface area contributed by atoms with E-state index in [9.17, 15) is 9.59 Å². The number of hydrogen-bond donors (Lipinski definition) is 2. The second-order valence-electron chi connectivity index (χ2n) is 7.75. The average Bonchev–Trinajstić information content (AvgIpc) is 3.57. The van der Waals surface area contributed by atoms with E-state index in [4.69, 9.17) is 4.74 Å². The summed E-state index contributed by atoms with van der Waals surface area (Å²) in [6.07, 6.45) is 6.50. The maximum Gasteiger partial charge on any atom is 0.255 e. The van der Waals surface area contributed by atoms with Crippen LogP contribution in [0.5, 0.6) is 5.75 Å². The van der Waals surface area contributed by atoms with Crippen LogP contribution in [0.15, 0.2) is 40.9 Å². The average molecular weight is 473 g/mol. The van der Waals surface area contributed by atoms with E-state index < -0.39 is 0 Å². The summed E-state index contributed by atoms with van der Waals surface area (Å²) in [4.78, 5) is 24.8. The first-order chi connectivity index (χ1) is 14.5. The van der Waals surface area contributed by atoms with Crippen molar-refractivity contribution in [3.8, 4) is 5.75 Å². The number of nitrogens with one attached hydrogen (secondary N) is 2. The molecule has 0 aliphatic heterocycles. The third-order valence-electron chi connectivity index (χ3n) is 5.24. The Kier molecular flexibility index (Phi) is 7.91. The molecule has 0 unspecified atom stereocenters. The van der Waals surface area contributed by atoms with Crippen LogP contribution in [-0.2, 0) is 4.79 Å². The van der Waals surface area contributed by atoms with Crippen molar-refractivity contribution in [2.24, 2.45) is 5.92 Å². The second kappa shape index (κ2) is 10.6. The first kappa shape index (κ1) is 22.3. The molecule has 0 saturated heterocycles. The van der Waals surface area contributed by atoms with Crippen molar-refractivity contribution in [2.45, 2.75) is 52.4 Å². The minimum absolute atomic E-state index is 0.0517. The lowest BCUT2D eigenvalue weighted by atomic mass is 10.1. The van der Waals surface area contributed by atoms with Crippen molar-refractivity contribution in [1.29, 1.82) is 0 Å². The van der Waals surface area contributed by atoms with Crippen LogP contribution >= 0.6 is 15.9 Å². The van der Waals surface area contributed by atoms with Gasteiger partial charge in [-0.15, -0.1) is 0 Å². The number of hydrogen-bond acceptors (Lipinski definition) is 3. The van der Waals surface area contributed by atoms with E-state index in [0.717, 1.165) is 47.2 Å². The zero-order valence-corrected chi connectivity index (χ0v) is 19.2. The molecule has 0 bridgehead atoms. The summed E-state index contributed by atoms with van der Waals surface area (Å²) in [5, 5.41) is 5.91.